The third kappa shape index (κ3) is 3.67. The Kier molecular flexibility index (Phi) is 5.65. The van der Waals surface area contributed by atoms with E-state index in [-0.39, 0.29) is 16.2 Å². The van der Waals surface area contributed by atoms with E-state index in [4.69, 9.17) is 4.74 Å². The van der Waals surface area contributed by atoms with Gasteiger partial charge in [-0.3, -0.25) is 0 Å². The predicted octanol–water partition coefficient (Wildman–Crippen LogP) is 2.11. The number of sulfonamides is 1. The van der Waals surface area contributed by atoms with Crippen LogP contribution < -0.4 is 4.74 Å². The van der Waals surface area contributed by atoms with Crippen LogP contribution in [0.4, 0.5) is 4.39 Å². The second kappa shape index (κ2) is 7.15. The normalized spacial score (nSPS) is 19.5. The summed E-state index contributed by atoms with van der Waals surface area (Å²) in [5.41, 5.74) is 0.110. The number of hydrogen-bond donors (Lipinski definition) is 0. The Morgan fingerprint density at radius 2 is 2.13 bits per heavy atom. The molecule has 0 radical (unpaired) electrons. The number of rotatable bonds is 6. The van der Waals surface area contributed by atoms with Crippen LogP contribution in [0.25, 0.3) is 0 Å². The Morgan fingerprint density at radius 1 is 1.43 bits per heavy atom. The van der Waals surface area contributed by atoms with Gasteiger partial charge in [0.25, 0.3) is 0 Å². The molecule has 1 heterocycles. The number of ether oxygens (including phenoxy) is 1. The molecule has 0 unspecified atom stereocenters. The van der Waals surface area contributed by atoms with E-state index in [1.807, 2.05) is 7.05 Å². The molecule has 0 amide bonds. The molecule has 0 aliphatic carbocycles. The highest BCUT2D eigenvalue weighted by Gasteiger charge is 2.34. The lowest BCUT2D eigenvalue weighted by atomic mass is 10.1. The van der Waals surface area contributed by atoms with E-state index in [0.29, 0.717) is 19.0 Å². The summed E-state index contributed by atoms with van der Waals surface area (Å²) in [6, 6.07) is 2.80. The second-order valence-electron chi connectivity index (χ2n) is 6.08. The van der Waals surface area contributed by atoms with Gasteiger partial charge in [-0.15, -0.1) is 0 Å². The molecule has 0 aromatic heterocycles. The molecule has 1 saturated heterocycles. The predicted molar refractivity (Wildman–Crippen MR) is 87.7 cm³/mol. The maximum absolute atomic E-state index is 14.2. The third-order valence-electron chi connectivity index (χ3n) is 4.50. The molecule has 130 valence electrons. The van der Waals surface area contributed by atoms with Gasteiger partial charge in [-0.05, 0) is 45.0 Å². The highest BCUT2D eigenvalue weighted by atomic mass is 32.2. The molecule has 1 aromatic rings. The van der Waals surface area contributed by atoms with Crippen molar-refractivity contribution in [1.82, 2.24) is 9.21 Å². The van der Waals surface area contributed by atoms with Gasteiger partial charge in [0.2, 0.25) is 10.0 Å². The van der Waals surface area contributed by atoms with Crippen molar-refractivity contribution in [2.45, 2.75) is 25.2 Å². The molecule has 1 fully saturated rings. The maximum Gasteiger partial charge on any atom is 0.243 e. The lowest BCUT2D eigenvalue weighted by Gasteiger charge is -2.21. The van der Waals surface area contributed by atoms with Gasteiger partial charge in [0, 0.05) is 25.2 Å². The van der Waals surface area contributed by atoms with Crippen LogP contribution in [0, 0.1) is 18.7 Å². The van der Waals surface area contributed by atoms with E-state index < -0.39 is 15.8 Å². The van der Waals surface area contributed by atoms with Crippen LogP contribution in [0.2, 0.25) is 0 Å². The molecular formula is C16H25FN2O3S. The number of benzene rings is 1. The summed E-state index contributed by atoms with van der Waals surface area (Å²) in [5.74, 6) is -0.238. The van der Waals surface area contributed by atoms with Crippen LogP contribution in [0.1, 0.15) is 18.9 Å². The first-order chi connectivity index (χ1) is 10.8. The Morgan fingerprint density at radius 3 is 2.74 bits per heavy atom. The van der Waals surface area contributed by atoms with Crippen molar-refractivity contribution in [3.63, 3.8) is 0 Å². The first-order valence-corrected chi connectivity index (χ1v) is 9.27. The van der Waals surface area contributed by atoms with Gasteiger partial charge in [-0.2, -0.15) is 4.31 Å². The monoisotopic (exact) mass is 344 g/mol. The van der Waals surface area contributed by atoms with Crippen molar-refractivity contribution in [2.24, 2.45) is 5.92 Å². The summed E-state index contributed by atoms with van der Waals surface area (Å²) in [6.45, 7) is 6.33. The van der Waals surface area contributed by atoms with Crippen LogP contribution in [0.15, 0.2) is 17.0 Å². The molecule has 1 aliphatic heterocycles. The van der Waals surface area contributed by atoms with Crippen LogP contribution in [-0.2, 0) is 10.0 Å². The summed E-state index contributed by atoms with van der Waals surface area (Å²) in [5, 5.41) is 0. The highest BCUT2D eigenvalue weighted by Crippen LogP contribution is 2.30. The summed E-state index contributed by atoms with van der Waals surface area (Å²) in [4.78, 5) is 2.21. The smallest absolute Gasteiger partial charge is 0.243 e. The average molecular weight is 344 g/mol. The van der Waals surface area contributed by atoms with Gasteiger partial charge in [0.05, 0.1) is 12.0 Å². The third-order valence-corrected chi connectivity index (χ3v) is 6.51. The van der Waals surface area contributed by atoms with Crippen molar-refractivity contribution in [2.75, 3.05) is 40.3 Å². The standard InChI is InChI=1S/C16H25FN2O3S/c1-5-18(3)10-13-8-9-19(11-13)23(20,21)15-7-6-14(22-4)16(17)12(15)2/h6-7,13H,5,8-11H2,1-4H3/t13-/m1/s1. The molecule has 0 spiro atoms. The fraction of sp³-hybridized carbons (Fsp3) is 0.625. The molecule has 1 atom stereocenters. The molecule has 0 N–H and O–H groups in total. The molecule has 1 aliphatic rings. The molecule has 0 saturated carbocycles. The minimum Gasteiger partial charge on any atom is -0.494 e. The van der Waals surface area contributed by atoms with E-state index in [9.17, 15) is 12.8 Å². The first-order valence-electron chi connectivity index (χ1n) is 7.83. The molecule has 23 heavy (non-hydrogen) atoms. The van der Waals surface area contributed by atoms with E-state index in [0.717, 1.165) is 19.5 Å². The molecule has 7 heteroatoms. The van der Waals surface area contributed by atoms with E-state index in [2.05, 4.69) is 11.8 Å². The highest BCUT2D eigenvalue weighted by molar-refractivity contribution is 7.89. The zero-order valence-corrected chi connectivity index (χ0v) is 15.0. The number of halogens is 1. The van der Waals surface area contributed by atoms with Crippen molar-refractivity contribution >= 4 is 10.0 Å². The summed E-state index contributed by atoms with van der Waals surface area (Å²) >= 11 is 0. The van der Waals surface area contributed by atoms with Gasteiger partial charge in [0.1, 0.15) is 0 Å². The topological polar surface area (TPSA) is 49.9 Å². The van der Waals surface area contributed by atoms with Crippen LogP contribution in [-0.4, -0.2) is 58.0 Å². The van der Waals surface area contributed by atoms with Crippen LogP contribution >= 0.6 is 0 Å². The second-order valence-corrected chi connectivity index (χ2v) is 7.98. The van der Waals surface area contributed by atoms with E-state index in [1.165, 1.54) is 30.5 Å². The fourth-order valence-corrected chi connectivity index (χ4v) is 4.70. The SMILES string of the molecule is CCN(C)C[C@H]1CCN(S(=O)(=O)c2ccc(OC)c(F)c2C)C1. The Bertz CT molecular complexity index is 664. The quantitative estimate of drug-likeness (QED) is 0.793. The van der Waals surface area contributed by atoms with Gasteiger partial charge < -0.3 is 9.64 Å². The molecule has 2 rings (SSSR count). The van der Waals surface area contributed by atoms with Crippen molar-refractivity contribution in [1.29, 1.82) is 0 Å². The molecule has 0 bridgehead atoms. The summed E-state index contributed by atoms with van der Waals surface area (Å²) in [6.07, 6.45) is 0.835. The van der Waals surface area contributed by atoms with Gasteiger partial charge in [-0.25, -0.2) is 12.8 Å². The summed E-state index contributed by atoms with van der Waals surface area (Å²) < 4.78 is 46.2. The van der Waals surface area contributed by atoms with Crippen molar-refractivity contribution in [3.8, 4) is 5.75 Å². The zero-order valence-electron chi connectivity index (χ0n) is 14.2. The first kappa shape index (κ1) is 18.2. The minimum atomic E-state index is -3.67. The van der Waals surface area contributed by atoms with E-state index >= 15 is 0 Å². The molecule has 1 aromatic carbocycles. The fourth-order valence-electron chi connectivity index (χ4n) is 2.95. The summed E-state index contributed by atoms with van der Waals surface area (Å²) in [7, 11) is -0.283. The zero-order chi connectivity index (χ0) is 17.2. The average Bonchev–Trinajstić information content (AvgIpc) is 2.98. The van der Waals surface area contributed by atoms with Gasteiger partial charge >= 0.3 is 0 Å². The molecular weight excluding hydrogens is 319 g/mol. The number of methoxy groups -OCH3 is 1. The Hall–Kier alpha value is -1.18. The van der Waals surface area contributed by atoms with Crippen molar-refractivity contribution in [3.05, 3.63) is 23.5 Å². The Balaban J connectivity index is 2.22. The lowest BCUT2D eigenvalue weighted by Crippen LogP contribution is -2.32. The molecule has 5 nitrogen and oxygen atoms in total. The maximum atomic E-state index is 14.2. The van der Waals surface area contributed by atoms with Crippen LogP contribution in [0.3, 0.4) is 0 Å². The number of nitrogens with zero attached hydrogens (tertiary/aromatic N) is 2. The lowest BCUT2D eigenvalue weighted by molar-refractivity contribution is 0.293. The van der Waals surface area contributed by atoms with Crippen molar-refractivity contribution < 1.29 is 17.5 Å². The minimum absolute atomic E-state index is 0.0281. The van der Waals surface area contributed by atoms with Crippen LogP contribution in [0.5, 0.6) is 5.75 Å². The Labute approximate surface area is 138 Å². The van der Waals surface area contributed by atoms with E-state index in [1.54, 1.807) is 0 Å². The van der Waals surface area contributed by atoms with Gasteiger partial charge in [-0.1, -0.05) is 6.92 Å². The van der Waals surface area contributed by atoms with Gasteiger partial charge in [0.15, 0.2) is 11.6 Å². The largest absolute Gasteiger partial charge is 0.494 e. The number of hydrogen-bond acceptors (Lipinski definition) is 4.